The van der Waals surface area contributed by atoms with E-state index in [4.69, 9.17) is 4.74 Å². The average Bonchev–Trinajstić information content (AvgIpc) is 2.20. The summed E-state index contributed by atoms with van der Waals surface area (Å²) < 4.78 is 4.95. The fourth-order valence-electron chi connectivity index (χ4n) is 1.20. The Hall–Kier alpha value is -0.570. The van der Waals surface area contributed by atoms with E-state index in [1.807, 2.05) is 6.92 Å². The highest BCUT2D eigenvalue weighted by Gasteiger charge is 2.30. The van der Waals surface area contributed by atoms with Gasteiger partial charge in [0.2, 0.25) is 5.91 Å². The number of ether oxygens (including phenoxy) is 1. The number of methoxy groups -OCH3 is 1. The fourth-order valence-corrected chi connectivity index (χ4v) is 1.20. The first-order valence-corrected chi connectivity index (χ1v) is 3.52. The summed E-state index contributed by atoms with van der Waals surface area (Å²) in [5.74, 6) is 0.652. The summed E-state index contributed by atoms with van der Waals surface area (Å²) in [5, 5.41) is 2.79. The van der Waals surface area contributed by atoms with Crippen molar-refractivity contribution < 1.29 is 9.53 Å². The third kappa shape index (κ3) is 1.29. The normalized spacial score (nSPS) is 32.4. The van der Waals surface area contributed by atoms with E-state index in [0.717, 1.165) is 6.54 Å². The first-order valence-electron chi connectivity index (χ1n) is 3.52. The highest BCUT2D eigenvalue weighted by Crippen LogP contribution is 2.16. The molecule has 2 atom stereocenters. The van der Waals surface area contributed by atoms with Crippen molar-refractivity contribution >= 4 is 5.91 Å². The van der Waals surface area contributed by atoms with Crippen LogP contribution >= 0.6 is 0 Å². The largest absolute Gasteiger partial charge is 0.384 e. The molecule has 2 unspecified atom stereocenters. The smallest absolute Gasteiger partial charge is 0.223 e. The van der Waals surface area contributed by atoms with Gasteiger partial charge in [-0.1, -0.05) is 6.92 Å². The molecule has 1 saturated heterocycles. The maximum absolute atomic E-state index is 10.9. The lowest BCUT2D eigenvalue weighted by atomic mass is 9.99. The molecule has 0 spiro atoms. The average molecular weight is 143 g/mol. The SMILES string of the molecule is COCC1CNC(=O)C1C. The molecule has 0 aliphatic carbocycles. The molecule has 0 aromatic rings. The van der Waals surface area contributed by atoms with E-state index < -0.39 is 0 Å². The van der Waals surface area contributed by atoms with Gasteiger partial charge in [0.05, 0.1) is 6.61 Å². The topological polar surface area (TPSA) is 38.3 Å². The van der Waals surface area contributed by atoms with Crippen molar-refractivity contribution in [3.05, 3.63) is 0 Å². The standard InChI is InChI=1S/C7H13NO2/c1-5-6(4-10-2)3-8-7(5)9/h5-6H,3-4H2,1-2H3,(H,8,9). The lowest BCUT2D eigenvalue weighted by Crippen LogP contribution is -2.17. The van der Waals surface area contributed by atoms with Crippen LogP contribution in [0.2, 0.25) is 0 Å². The van der Waals surface area contributed by atoms with Crippen LogP contribution in [0.5, 0.6) is 0 Å². The third-order valence-electron chi connectivity index (χ3n) is 2.04. The van der Waals surface area contributed by atoms with E-state index >= 15 is 0 Å². The molecule has 1 aliphatic heterocycles. The quantitative estimate of drug-likeness (QED) is 0.591. The molecule has 1 rings (SSSR count). The van der Waals surface area contributed by atoms with Crippen LogP contribution in [0, 0.1) is 11.8 Å². The Bertz CT molecular complexity index is 136. The van der Waals surface area contributed by atoms with Crippen molar-refractivity contribution in [3.8, 4) is 0 Å². The van der Waals surface area contributed by atoms with Crippen LogP contribution in [-0.4, -0.2) is 26.2 Å². The highest BCUT2D eigenvalue weighted by molar-refractivity contribution is 5.80. The van der Waals surface area contributed by atoms with Crippen LogP contribution in [0.25, 0.3) is 0 Å². The maximum atomic E-state index is 10.9. The zero-order valence-corrected chi connectivity index (χ0v) is 6.39. The predicted molar refractivity (Wildman–Crippen MR) is 37.5 cm³/mol. The summed E-state index contributed by atoms with van der Waals surface area (Å²) in [5.41, 5.74) is 0. The minimum Gasteiger partial charge on any atom is -0.384 e. The zero-order chi connectivity index (χ0) is 7.56. The molecular weight excluding hydrogens is 130 g/mol. The first-order chi connectivity index (χ1) is 4.75. The molecule has 58 valence electrons. The fraction of sp³-hybridized carbons (Fsp3) is 0.857. The summed E-state index contributed by atoms with van der Waals surface area (Å²) in [7, 11) is 1.66. The number of carbonyl (C=O) groups is 1. The van der Waals surface area contributed by atoms with Gasteiger partial charge in [-0.15, -0.1) is 0 Å². The molecule has 0 bridgehead atoms. The monoisotopic (exact) mass is 143 g/mol. The molecule has 1 N–H and O–H groups in total. The summed E-state index contributed by atoms with van der Waals surface area (Å²) in [6.45, 7) is 3.39. The van der Waals surface area contributed by atoms with Gasteiger partial charge in [0, 0.05) is 25.5 Å². The molecule has 0 aromatic carbocycles. The van der Waals surface area contributed by atoms with E-state index in [0.29, 0.717) is 12.5 Å². The molecular formula is C7H13NO2. The second-order valence-corrected chi connectivity index (χ2v) is 2.75. The zero-order valence-electron chi connectivity index (χ0n) is 6.39. The van der Waals surface area contributed by atoms with E-state index in [-0.39, 0.29) is 11.8 Å². The molecule has 1 fully saturated rings. The van der Waals surface area contributed by atoms with Gasteiger partial charge in [-0.2, -0.15) is 0 Å². The minimum atomic E-state index is 0.125. The van der Waals surface area contributed by atoms with Crippen LogP contribution < -0.4 is 5.32 Å². The van der Waals surface area contributed by atoms with E-state index in [1.165, 1.54) is 0 Å². The molecule has 1 amide bonds. The second-order valence-electron chi connectivity index (χ2n) is 2.75. The van der Waals surface area contributed by atoms with Crippen molar-refractivity contribution in [1.82, 2.24) is 5.32 Å². The van der Waals surface area contributed by atoms with E-state index in [9.17, 15) is 4.79 Å². The molecule has 0 saturated carbocycles. The predicted octanol–water partition coefficient (Wildman–Crippen LogP) is 0.0149. The number of rotatable bonds is 2. The van der Waals surface area contributed by atoms with Crippen molar-refractivity contribution in [2.75, 3.05) is 20.3 Å². The Morgan fingerprint density at radius 1 is 1.80 bits per heavy atom. The Kier molecular flexibility index (Phi) is 2.27. The number of hydrogen-bond donors (Lipinski definition) is 1. The second kappa shape index (κ2) is 3.01. The van der Waals surface area contributed by atoms with E-state index in [1.54, 1.807) is 7.11 Å². The lowest BCUT2D eigenvalue weighted by Gasteiger charge is -2.09. The maximum Gasteiger partial charge on any atom is 0.223 e. The minimum absolute atomic E-state index is 0.125. The molecule has 3 heteroatoms. The Morgan fingerprint density at radius 2 is 2.50 bits per heavy atom. The van der Waals surface area contributed by atoms with Gasteiger partial charge >= 0.3 is 0 Å². The van der Waals surface area contributed by atoms with Gasteiger partial charge in [0.1, 0.15) is 0 Å². The Labute approximate surface area is 60.7 Å². The molecule has 0 radical (unpaired) electrons. The molecule has 3 nitrogen and oxygen atoms in total. The van der Waals surface area contributed by atoms with E-state index in [2.05, 4.69) is 5.32 Å². The van der Waals surface area contributed by atoms with Crippen LogP contribution in [0.15, 0.2) is 0 Å². The summed E-state index contributed by atoms with van der Waals surface area (Å²) in [4.78, 5) is 10.9. The van der Waals surface area contributed by atoms with Crippen LogP contribution in [0.3, 0.4) is 0 Å². The van der Waals surface area contributed by atoms with Crippen molar-refractivity contribution in [2.45, 2.75) is 6.92 Å². The number of nitrogens with one attached hydrogen (secondary N) is 1. The summed E-state index contributed by atoms with van der Waals surface area (Å²) >= 11 is 0. The van der Waals surface area contributed by atoms with Gasteiger partial charge < -0.3 is 10.1 Å². The summed E-state index contributed by atoms with van der Waals surface area (Å²) in [6.07, 6.45) is 0. The molecule has 10 heavy (non-hydrogen) atoms. The number of amides is 1. The van der Waals surface area contributed by atoms with Crippen LogP contribution in [0.4, 0.5) is 0 Å². The molecule has 0 aromatic heterocycles. The van der Waals surface area contributed by atoms with Gasteiger partial charge in [-0.3, -0.25) is 4.79 Å². The van der Waals surface area contributed by atoms with Gasteiger partial charge in [0.25, 0.3) is 0 Å². The molecule has 1 heterocycles. The summed E-state index contributed by atoms with van der Waals surface area (Å²) in [6, 6.07) is 0. The van der Waals surface area contributed by atoms with Crippen molar-refractivity contribution in [3.63, 3.8) is 0 Å². The third-order valence-corrected chi connectivity index (χ3v) is 2.04. The van der Waals surface area contributed by atoms with Gasteiger partial charge in [0.15, 0.2) is 0 Å². The number of hydrogen-bond acceptors (Lipinski definition) is 2. The van der Waals surface area contributed by atoms with Crippen LogP contribution in [0.1, 0.15) is 6.92 Å². The molecule has 1 aliphatic rings. The Balaban J connectivity index is 2.41. The number of carbonyl (C=O) groups excluding carboxylic acids is 1. The lowest BCUT2D eigenvalue weighted by molar-refractivity contribution is -0.122. The Morgan fingerprint density at radius 3 is 2.90 bits per heavy atom. The first kappa shape index (κ1) is 7.54. The van der Waals surface area contributed by atoms with Gasteiger partial charge in [-0.05, 0) is 0 Å². The van der Waals surface area contributed by atoms with Crippen molar-refractivity contribution in [1.29, 1.82) is 0 Å². The van der Waals surface area contributed by atoms with Crippen LogP contribution in [-0.2, 0) is 9.53 Å². The van der Waals surface area contributed by atoms with Crippen molar-refractivity contribution in [2.24, 2.45) is 11.8 Å². The van der Waals surface area contributed by atoms with Gasteiger partial charge in [-0.25, -0.2) is 0 Å². The highest BCUT2D eigenvalue weighted by atomic mass is 16.5.